The fourth-order valence-electron chi connectivity index (χ4n) is 2.66. The normalized spacial score (nSPS) is 34.5. The van der Waals surface area contributed by atoms with Crippen LogP contribution in [0.4, 0.5) is 0 Å². The molecule has 1 aromatic rings. The molecule has 16 heavy (non-hydrogen) atoms. The van der Waals surface area contributed by atoms with E-state index in [0.29, 0.717) is 24.1 Å². The summed E-state index contributed by atoms with van der Waals surface area (Å²) in [6, 6.07) is 0. The molecule has 1 aromatic heterocycles. The van der Waals surface area contributed by atoms with Gasteiger partial charge in [0.05, 0.1) is 12.0 Å². The van der Waals surface area contributed by atoms with Gasteiger partial charge in [0.1, 0.15) is 0 Å². The van der Waals surface area contributed by atoms with E-state index >= 15 is 0 Å². The van der Waals surface area contributed by atoms with Crippen LogP contribution in [0.1, 0.15) is 56.7 Å². The van der Waals surface area contributed by atoms with Crippen molar-refractivity contribution in [1.82, 2.24) is 10.1 Å². The Bertz CT molecular complexity index is 386. The average Bonchev–Trinajstić information content (AvgIpc) is 2.89. The van der Waals surface area contributed by atoms with Crippen molar-refractivity contribution in [2.45, 2.75) is 57.0 Å². The molecule has 1 N–H and O–H groups in total. The van der Waals surface area contributed by atoms with Gasteiger partial charge in [0, 0.05) is 5.92 Å². The van der Waals surface area contributed by atoms with E-state index in [1.54, 1.807) is 0 Å². The fourth-order valence-corrected chi connectivity index (χ4v) is 2.66. The third kappa shape index (κ3) is 1.98. The molecule has 0 bridgehead atoms. The molecule has 2 aliphatic carbocycles. The molecule has 0 aliphatic heterocycles. The zero-order valence-electron chi connectivity index (χ0n) is 9.65. The Hall–Kier alpha value is -0.900. The zero-order chi connectivity index (χ0) is 11.2. The standard InChI is InChI=1S/C12H18N2O2/c1-8-4-5-12(15,6-8)7-10-13-11(14-16-10)9-2-3-9/h8-9,15H,2-7H2,1H3. The molecule has 2 fully saturated rings. The molecule has 1 heterocycles. The molecule has 0 radical (unpaired) electrons. The lowest BCUT2D eigenvalue weighted by Crippen LogP contribution is -2.27. The van der Waals surface area contributed by atoms with Crippen molar-refractivity contribution in [1.29, 1.82) is 0 Å². The summed E-state index contributed by atoms with van der Waals surface area (Å²) in [6.07, 6.45) is 5.70. The highest BCUT2D eigenvalue weighted by atomic mass is 16.5. The molecular weight excluding hydrogens is 204 g/mol. The predicted molar refractivity (Wildman–Crippen MR) is 57.9 cm³/mol. The van der Waals surface area contributed by atoms with Crippen LogP contribution in [0, 0.1) is 5.92 Å². The van der Waals surface area contributed by atoms with Crippen LogP contribution in [-0.2, 0) is 6.42 Å². The quantitative estimate of drug-likeness (QED) is 0.850. The summed E-state index contributed by atoms with van der Waals surface area (Å²) in [5.41, 5.74) is -0.604. The van der Waals surface area contributed by atoms with Crippen LogP contribution in [0.5, 0.6) is 0 Å². The Labute approximate surface area is 95.0 Å². The van der Waals surface area contributed by atoms with Gasteiger partial charge in [0.25, 0.3) is 0 Å². The Morgan fingerprint density at radius 1 is 1.44 bits per heavy atom. The van der Waals surface area contributed by atoms with Gasteiger partial charge < -0.3 is 9.63 Å². The van der Waals surface area contributed by atoms with Crippen molar-refractivity contribution >= 4 is 0 Å². The number of aromatic nitrogens is 2. The van der Waals surface area contributed by atoms with Crippen molar-refractivity contribution in [2.24, 2.45) is 5.92 Å². The Morgan fingerprint density at radius 3 is 2.88 bits per heavy atom. The molecule has 0 saturated heterocycles. The lowest BCUT2D eigenvalue weighted by molar-refractivity contribution is 0.0368. The Kier molecular flexibility index (Phi) is 2.28. The SMILES string of the molecule is CC1CCC(O)(Cc2nc(C3CC3)no2)C1. The van der Waals surface area contributed by atoms with Crippen molar-refractivity contribution in [3.05, 3.63) is 11.7 Å². The molecule has 3 rings (SSSR count). The van der Waals surface area contributed by atoms with Gasteiger partial charge in [-0.2, -0.15) is 4.98 Å². The lowest BCUT2D eigenvalue weighted by atomic mass is 9.97. The number of aliphatic hydroxyl groups is 1. The maximum absolute atomic E-state index is 10.4. The maximum Gasteiger partial charge on any atom is 0.229 e. The number of rotatable bonds is 3. The highest BCUT2D eigenvalue weighted by Gasteiger charge is 2.37. The van der Waals surface area contributed by atoms with Gasteiger partial charge in [-0.05, 0) is 38.0 Å². The van der Waals surface area contributed by atoms with E-state index in [0.717, 1.165) is 25.1 Å². The monoisotopic (exact) mass is 222 g/mol. The molecule has 2 atom stereocenters. The molecule has 2 saturated carbocycles. The van der Waals surface area contributed by atoms with E-state index in [2.05, 4.69) is 17.1 Å². The smallest absolute Gasteiger partial charge is 0.229 e. The van der Waals surface area contributed by atoms with Crippen LogP contribution in [0.15, 0.2) is 4.52 Å². The van der Waals surface area contributed by atoms with Gasteiger partial charge >= 0.3 is 0 Å². The van der Waals surface area contributed by atoms with Crippen molar-refractivity contribution in [3.8, 4) is 0 Å². The van der Waals surface area contributed by atoms with Crippen molar-refractivity contribution in [2.75, 3.05) is 0 Å². The molecule has 88 valence electrons. The molecule has 2 aliphatic rings. The first-order valence-corrected chi connectivity index (χ1v) is 6.19. The van der Waals surface area contributed by atoms with Gasteiger partial charge in [-0.3, -0.25) is 0 Å². The molecule has 0 amide bonds. The maximum atomic E-state index is 10.4. The number of hydrogen-bond acceptors (Lipinski definition) is 4. The number of hydrogen-bond donors (Lipinski definition) is 1. The molecule has 0 spiro atoms. The van der Waals surface area contributed by atoms with Crippen LogP contribution in [-0.4, -0.2) is 20.8 Å². The van der Waals surface area contributed by atoms with Crippen LogP contribution >= 0.6 is 0 Å². The third-order valence-electron chi connectivity index (χ3n) is 3.74. The van der Waals surface area contributed by atoms with E-state index in [1.807, 2.05) is 0 Å². The van der Waals surface area contributed by atoms with E-state index < -0.39 is 5.60 Å². The first kappa shape index (κ1) is 10.3. The van der Waals surface area contributed by atoms with Crippen molar-refractivity contribution < 1.29 is 9.63 Å². The van der Waals surface area contributed by atoms with Crippen molar-refractivity contribution in [3.63, 3.8) is 0 Å². The van der Waals surface area contributed by atoms with Gasteiger partial charge in [0.2, 0.25) is 5.89 Å². The fraction of sp³-hybridized carbons (Fsp3) is 0.833. The summed E-state index contributed by atoms with van der Waals surface area (Å²) < 4.78 is 5.21. The van der Waals surface area contributed by atoms with E-state index in [4.69, 9.17) is 4.52 Å². The largest absolute Gasteiger partial charge is 0.389 e. The topological polar surface area (TPSA) is 59.2 Å². The summed E-state index contributed by atoms with van der Waals surface area (Å²) >= 11 is 0. The summed E-state index contributed by atoms with van der Waals surface area (Å²) in [6.45, 7) is 2.18. The predicted octanol–water partition coefficient (Wildman–Crippen LogP) is 2.04. The van der Waals surface area contributed by atoms with Crippen LogP contribution in [0.3, 0.4) is 0 Å². The number of nitrogens with zero attached hydrogens (tertiary/aromatic N) is 2. The van der Waals surface area contributed by atoms with E-state index in [9.17, 15) is 5.11 Å². The summed E-state index contributed by atoms with van der Waals surface area (Å²) in [4.78, 5) is 4.37. The minimum atomic E-state index is -0.604. The van der Waals surface area contributed by atoms with Gasteiger partial charge in [0.15, 0.2) is 5.82 Å². The summed E-state index contributed by atoms with van der Waals surface area (Å²) in [5, 5.41) is 14.3. The first-order valence-electron chi connectivity index (χ1n) is 6.19. The van der Waals surface area contributed by atoms with E-state index in [1.165, 1.54) is 12.8 Å². The first-order chi connectivity index (χ1) is 7.65. The molecular formula is C12H18N2O2. The minimum Gasteiger partial charge on any atom is -0.389 e. The highest BCUT2D eigenvalue weighted by Crippen LogP contribution is 2.39. The van der Waals surface area contributed by atoms with Crippen LogP contribution < -0.4 is 0 Å². The molecule has 2 unspecified atom stereocenters. The van der Waals surface area contributed by atoms with Crippen LogP contribution in [0.2, 0.25) is 0 Å². The van der Waals surface area contributed by atoms with E-state index in [-0.39, 0.29) is 0 Å². The second-order valence-electron chi connectivity index (χ2n) is 5.57. The zero-order valence-corrected chi connectivity index (χ0v) is 9.65. The highest BCUT2D eigenvalue weighted by molar-refractivity contribution is 5.05. The second-order valence-corrected chi connectivity index (χ2v) is 5.57. The second kappa shape index (κ2) is 3.55. The molecule has 4 heteroatoms. The van der Waals surface area contributed by atoms with Crippen LogP contribution in [0.25, 0.3) is 0 Å². The summed E-state index contributed by atoms with van der Waals surface area (Å²) in [7, 11) is 0. The van der Waals surface area contributed by atoms with Gasteiger partial charge in [-0.25, -0.2) is 0 Å². The Balaban J connectivity index is 1.68. The lowest BCUT2D eigenvalue weighted by Gasteiger charge is -2.19. The molecule has 0 aromatic carbocycles. The van der Waals surface area contributed by atoms with Gasteiger partial charge in [-0.15, -0.1) is 0 Å². The average molecular weight is 222 g/mol. The Morgan fingerprint density at radius 2 is 2.25 bits per heavy atom. The molecule has 4 nitrogen and oxygen atoms in total. The summed E-state index contributed by atoms with van der Waals surface area (Å²) in [5.74, 6) is 2.58. The third-order valence-corrected chi connectivity index (χ3v) is 3.74. The van der Waals surface area contributed by atoms with Gasteiger partial charge in [-0.1, -0.05) is 12.1 Å². The minimum absolute atomic E-state index is 0.523.